The lowest BCUT2D eigenvalue weighted by molar-refractivity contribution is -0.135. The van der Waals surface area contributed by atoms with Crippen LogP contribution in [0.4, 0.5) is 0 Å². The van der Waals surface area contributed by atoms with Gasteiger partial charge in [-0.05, 0) is 55.4 Å². The quantitative estimate of drug-likeness (QED) is 0.396. The highest BCUT2D eigenvalue weighted by Crippen LogP contribution is 2.30. The maximum atomic E-state index is 13.6. The molecule has 5 rings (SSSR count). The standard InChI is InChI=1S/C38H49N7O/c1-31(41-30-45-23-13-22-39-29-37(45)40-28-32-14-12-17-34(21-20-32)42(2)3)38(46)44-26-24-43(25-27-44)36-19-9-7-5-4-6-8-15-33-16-10-11-18-35(33)36/h4-5,7,9-12,14,16,18,20-23,29,31,36,41H,6,8,15,17,19,24-28,30H2,1-3H3/b5-4-,9-7-,40-37?. The molecule has 2 heterocycles. The summed E-state index contributed by atoms with van der Waals surface area (Å²) < 4.78 is 0. The summed E-state index contributed by atoms with van der Waals surface area (Å²) in [4.78, 5) is 31.4. The normalized spacial score (nSPS) is 23.5. The van der Waals surface area contributed by atoms with Gasteiger partial charge in [-0.2, -0.15) is 0 Å². The van der Waals surface area contributed by atoms with Gasteiger partial charge in [0.15, 0.2) is 0 Å². The number of amidine groups is 1. The van der Waals surface area contributed by atoms with Gasteiger partial charge in [-0.25, -0.2) is 0 Å². The summed E-state index contributed by atoms with van der Waals surface area (Å²) in [5.74, 6) is 0.856. The van der Waals surface area contributed by atoms with E-state index in [-0.39, 0.29) is 11.9 Å². The van der Waals surface area contributed by atoms with E-state index < -0.39 is 0 Å². The Balaban J connectivity index is 1.17. The van der Waals surface area contributed by atoms with Gasteiger partial charge < -0.3 is 14.7 Å². The van der Waals surface area contributed by atoms with E-state index in [0.29, 0.717) is 19.3 Å². The van der Waals surface area contributed by atoms with Crippen molar-refractivity contribution >= 4 is 18.0 Å². The number of nitrogens with one attached hydrogen (secondary N) is 1. The Morgan fingerprint density at radius 1 is 1.11 bits per heavy atom. The Bertz CT molecular complexity index is 1480. The summed E-state index contributed by atoms with van der Waals surface area (Å²) in [5, 5.41) is 3.43. The highest BCUT2D eigenvalue weighted by atomic mass is 16.2. The number of rotatable bonds is 8. The molecule has 8 heteroatoms. The third kappa shape index (κ3) is 9.16. The van der Waals surface area contributed by atoms with Crippen LogP contribution in [0.25, 0.3) is 0 Å². The number of aryl methyl sites for hydroxylation is 1. The number of aliphatic imine (C=N–C) groups is 2. The van der Waals surface area contributed by atoms with Crippen molar-refractivity contribution in [3.05, 3.63) is 113 Å². The first-order valence-electron chi connectivity index (χ1n) is 16.6. The lowest BCUT2D eigenvalue weighted by atomic mass is 9.93. The second-order valence-corrected chi connectivity index (χ2v) is 12.4. The van der Waals surface area contributed by atoms with Gasteiger partial charge in [0.05, 0.1) is 37.9 Å². The number of nitrogens with zero attached hydrogens (tertiary/aromatic N) is 6. The molecule has 8 nitrogen and oxygen atoms in total. The second-order valence-electron chi connectivity index (χ2n) is 12.4. The molecule has 242 valence electrons. The number of hydrogen-bond donors (Lipinski definition) is 1. The van der Waals surface area contributed by atoms with Crippen molar-refractivity contribution in [2.45, 2.75) is 51.1 Å². The zero-order valence-electron chi connectivity index (χ0n) is 27.7. The van der Waals surface area contributed by atoms with Gasteiger partial charge in [-0.15, -0.1) is 0 Å². The molecule has 2 atom stereocenters. The van der Waals surface area contributed by atoms with Crippen LogP contribution in [0.2, 0.25) is 0 Å². The van der Waals surface area contributed by atoms with Gasteiger partial charge >= 0.3 is 0 Å². The zero-order chi connectivity index (χ0) is 32.1. The fourth-order valence-electron chi connectivity index (χ4n) is 6.22. The van der Waals surface area contributed by atoms with Crippen molar-refractivity contribution in [3.63, 3.8) is 0 Å². The molecular formula is C38H49N7O. The predicted octanol–water partition coefficient (Wildman–Crippen LogP) is 5.39. The fourth-order valence-corrected chi connectivity index (χ4v) is 6.22. The van der Waals surface area contributed by atoms with Crippen LogP contribution in [0.5, 0.6) is 0 Å². The van der Waals surface area contributed by atoms with E-state index >= 15 is 0 Å². The first kappa shape index (κ1) is 33.1. The Morgan fingerprint density at radius 3 is 2.78 bits per heavy atom. The van der Waals surface area contributed by atoms with Crippen molar-refractivity contribution < 1.29 is 4.79 Å². The van der Waals surface area contributed by atoms with E-state index in [1.54, 1.807) is 12.4 Å². The molecule has 0 aromatic heterocycles. The van der Waals surface area contributed by atoms with E-state index in [1.165, 1.54) is 16.8 Å². The van der Waals surface area contributed by atoms with Crippen LogP contribution in [0, 0.1) is 0 Å². The van der Waals surface area contributed by atoms with Crippen molar-refractivity contribution in [1.82, 2.24) is 24.9 Å². The molecule has 1 aromatic rings. The van der Waals surface area contributed by atoms with E-state index in [0.717, 1.165) is 69.7 Å². The van der Waals surface area contributed by atoms with Crippen molar-refractivity contribution in [2.75, 3.05) is 53.5 Å². The molecule has 0 spiro atoms. The minimum Gasteiger partial charge on any atom is -0.381 e. The second kappa shape index (κ2) is 16.9. The largest absolute Gasteiger partial charge is 0.381 e. The van der Waals surface area contributed by atoms with Crippen LogP contribution in [0.3, 0.4) is 0 Å². The van der Waals surface area contributed by atoms with Gasteiger partial charge in [0.2, 0.25) is 5.91 Å². The van der Waals surface area contributed by atoms with E-state index in [1.807, 2.05) is 22.9 Å². The lowest BCUT2D eigenvalue weighted by Gasteiger charge is -2.40. The van der Waals surface area contributed by atoms with Gasteiger partial charge in [-0.3, -0.25) is 25.0 Å². The van der Waals surface area contributed by atoms with Gasteiger partial charge in [0.25, 0.3) is 0 Å². The highest BCUT2D eigenvalue weighted by Gasteiger charge is 2.29. The molecule has 0 saturated carbocycles. The molecule has 1 saturated heterocycles. The first-order valence-corrected chi connectivity index (χ1v) is 16.6. The van der Waals surface area contributed by atoms with Crippen molar-refractivity contribution in [1.29, 1.82) is 0 Å². The summed E-state index contributed by atoms with van der Waals surface area (Å²) in [6.07, 6.45) is 28.0. The highest BCUT2D eigenvalue weighted by molar-refractivity contribution is 6.29. The Labute approximate surface area is 275 Å². The lowest BCUT2D eigenvalue weighted by Crippen LogP contribution is -2.55. The predicted molar refractivity (Wildman–Crippen MR) is 190 cm³/mol. The number of amides is 1. The van der Waals surface area contributed by atoms with Crippen LogP contribution in [-0.2, 0) is 11.2 Å². The minimum absolute atomic E-state index is 0.131. The SMILES string of the molecule is CC(NCN1C=C=CN=CC1=NCC1=CC=C(N(C)C)CC=C1)C(=O)N1CCN(C2C/C=C\C=C/CCCc3ccccc32)CC1. The molecule has 2 aliphatic heterocycles. The molecule has 1 fully saturated rings. The molecule has 2 aliphatic carbocycles. The zero-order valence-corrected chi connectivity index (χ0v) is 27.7. The Kier molecular flexibility index (Phi) is 12.2. The van der Waals surface area contributed by atoms with Gasteiger partial charge in [0, 0.05) is 58.4 Å². The number of fused-ring (bicyclic) bond motifs is 1. The van der Waals surface area contributed by atoms with E-state index in [2.05, 4.69) is 113 Å². The molecule has 46 heavy (non-hydrogen) atoms. The fraction of sp³-hybridized carbons (Fsp3) is 0.421. The molecule has 1 amide bonds. The number of piperazine rings is 1. The average Bonchev–Trinajstić information content (AvgIpc) is 3.47. The molecule has 0 bridgehead atoms. The van der Waals surface area contributed by atoms with Crippen molar-refractivity contribution in [3.8, 4) is 0 Å². The Morgan fingerprint density at radius 2 is 1.93 bits per heavy atom. The molecule has 1 N–H and O–H groups in total. The molecular weight excluding hydrogens is 570 g/mol. The van der Waals surface area contributed by atoms with E-state index in [4.69, 9.17) is 4.99 Å². The summed E-state index contributed by atoms with van der Waals surface area (Å²) in [5.41, 5.74) is 8.36. The average molecular weight is 620 g/mol. The number of benzene rings is 1. The Hall–Kier alpha value is -4.23. The maximum Gasteiger partial charge on any atom is 0.239 e. The van der Waals surface area contributed by atoms with Crippen LogP contribution in [-0.4, -0.2) is 97.1 Å². The molecule has 0 radical (unpaired) electrons. The third-order valence-electron chi connectivity index (χ3n) is 8.99. The van der Waals surface area contributed by atoms with Crippen LogP contribution < -0.4 is 5.32 Å². The maximum absolute atomic E-state index is 13.6. The molecule has 2 unspecified atom stereocenters. The van der Waals surface area contributed by atoms with Crippen molar-refractivity contribution in [2.24, 2.45) is 9.98 Å². The molecule has 4 aliphatic rings. The topological polar surface area (TPSA) is 66.8 Å². The molecule has 1 aromatic carbocycles. The smallest absolute Gasteiger partial charge is 0.239 e. The summed E-state index contributed by atoms with van der Waals surface area (Å²) in [7, 11) is 4.13. The minimum atomic E-state index is -0.333. The van der Waals surface area contributed by atoms with Gasteiger partial charge in [0.1, 0.15) is 5.84 Å². The number of carbonyl (C=O) groups is 1. The summed E-state index contributed by atoms with van der Waals surface area (Å²) in [6.45, 7) is 6.10. The summed E-state index contributed by atoms with van der Waals surface area (Å²) in [6, 6.07) is 8.92. The number of allylic oxidation sites excluding steroid dienone is 6. The number of hydrogen-bond acceptors (Lipinski definition) is 6. The van der Waals surface area contributed by atoms with Crippen LogP contribution in [0.15, 0.2) is 112 Å². The van der Waals surface area contributed by atoms with Crippen LogP contribution >= 0.6 is 0 Å². The number of carbonyl (C=O) groups excluding carboxylic acids is 1. The van der Waals surface area contributed by atoms with Crippen LogP contribution in [0.1, 0.15) is 49.8 Å². The monoisotopic (exact) mass is 619 g/mol. The van der Waals surface area contributed by atoms with E-state index in [9.17, 15) is 4.79 Å². The van der Waals surface area contributed by atoms with Gasteiger partial charge in [-0.1, -0.05) is 72.5 Å². The first-order chi connectivity index (χ1) is 22.5. The third-order valence-corrected chi connectivity index (χ3v) is 8.99. The summed E-state index contributed by atoms with van der Waals surface area (Å²) >= 11 is 0.